The summed E-state index contributed by atoms with van der Waals surface area (Å²) in [5.74, 6) is 0.397. The van der Waals surface area contributed by atoms with Crippen molar-refractivity contribution >= 4 is 17.9 Å². The fraction of sp³-hybridized carbons (Fsp3) is 0.348. The number of ether oxygens (including phenoxy) is 3. The molecule has 0 aromatic heterocycles. The van der Waals surface area contributed by atoms with Crippen LogP contribution in [0.2, 0.25) is 0 Å². The third-order valence-electron chi connectivity index (χ3n) is 5.04. The van der Waals surface area contributed by atoms with Gasteiger partial charge in [-0.15, -0.1) is 0 Å². The standard InChI is InChI=1S/C23H27N3O6/c1-3-30-17-9-7-15(8-10-17)14-31-23(29)25-21(24)16-5-4-6-18(11-16)32-19-12-20(22(27)28)26(2)13-19/h4-11,19-20H,3,12-14H2,1-2H3,(H,27,28)(H2,24,25,29)/t19-,20+/m0/s1. The maximum Gasteiger partial charge on any atom is 0.435 e. The summed E-state index contributed by atoms with van der Waals surface area (Å²) < 4.78 is 16.5. The summed E-state index contributed by atoms with van der Waals surface area (Å²) in [5.41, 5.74) is 7.27. The number of aliphatic imine (C=N–C) groups is 1. The van der Waals surface area contributed by atoms with Crippen molar-refractivity contribution in [2.45, 2.75) is 32.1 Å². The molecule has 3 N–H and O–H groups in total. The summed E-state index contributed by atoms with van der Waals surface area (Å²) in [6.07, 6.45) is -0.671. The predicted molar refractivity (Wildman–Crippen MR) is 118 cm³/mol. The summed E-state index contributed by atoms with van der Waals surface area (Å²) in [7, 11) is 1.75. The first-order valence-corrected chi connectivity index (χ1v) is 10.3. The Morgan fingerprint density at radius 1 is 1.19 bits per heavy atom. The third kappa shape index (κ3) is 6.21. The number of carboxylic acids is 1. The van der Waals surface area contributed by atoms with Gasteiger partial charge in [-0.3, -0.25) is 9.69 Å². The molecule has 0 bridgehead atoms. The molecule has 0 radical (unpaired) electrons. The van der Waals surface area contributed by atoms with E-state index in [0.717, 1.165) is 11.3 Å². The number of nitrogens with zero attached hydrogens (tertiary/aromatic N) is 2. The van der Waals surface area contributed by atoms with Crippen molar-refractivity contribution in [1.82, 2.24) is 4.90 Å². The number of amidine groups is 1. The van der Waals surface area contributed by atoms with Crippen LogP contribution in [-0.2, 0) is 16.1 Å². The number of aliphatic carboxylic acids is 1. The molecule has 0 saturated carbocycles. The van der Waals surface area contributed by atoms with Gasteiger partial charge in [0.2, 0.25) is 0 Å². The van der Waals surface area contributed by atoms with E-state index in [1.807, 2.05) is 19.1 Å². The van der Waals surface area contributed by atoms with Gasteiger partial charge < -0.3 is 25.1 Å². The van der Waals surface area contributed by atoms with Crippen LogP contribution in [0.5, 0.6) is 11.5 Å². The van der Waals surface area contributed by atoms with Gasteiger partial charge in [-0.2, -0.15) is 4.99 Å². The first kappa shape index (κ1) is 23.1. The maximum atomic E-state index is 12.1. The lowest BCUT2D eigenvalue weighted by Gasteiger charge is -2.14. The smallest absolute Gasteiger partial charge is 0.435 e. The number of likely N-dealkylation sites (tertiary alicyclic amines) is 1. The third-order valence-corrected chi connectivity index (χ3v) is 5.04. The van der Waals surface area contributed by atoms with Crippen molar-refractivity contribution < 1.29 is 28.9 Å². The summed E-state index contributed by atoms with van der Waals surface area (Å²) >= 11 is 0. The quantitative estimate of drug-likeness (QED) is 0.473. The molecule has 9 heteroatoms. The molecule has 1 aliphatic rings. The van der Waals surface area contributed by atoms with E-state index in [2.05, 4.69) is 4.99 Å². The van der Waals surface area contributed by atoms with Crippen LogP contribution >= 0.6 is 0 Å². The van der Waals surface area contributed by atoms with Gasteiger partial charge in [-0.25, -0.2) is 4.79 Å². The normalized spacial score (nSPS) is 18.9. The molecule has 2 aromatic rings. The average molecular weight is 441 g/mol. The van der Waals surface area contributed by atoms with E-state index >= 15 is 0 Å². The molecule has 32 heavy (non-hydrogen) atoms. The van der Waals surface area contributed by atoms with E-state index in [1.165, 1.54) is 0 Å². The number of carboxylic acid groups (broad SMARTS) is 1. The largest absolute Gasteiger partial charge is 0.494 e. The van der Waals surface area contributed by atoms with E-state index in [9.17, 15) is 14.7 Å². The van der Waals surface area contributed by atoms with Crippen molar-refractivity contribution in [1.29, 1.82) is 0 Å². The SMILES string of the molecule is CCOc1ccc(COC(=O)N=C(N)c2cccc(O[C@H]3C[C@H](C(=O)O)N(C)C3)c2)cc1. The molecule has 170 valence electrons. The number of nitrogens with two attached hydrogens (primary N) is 1. The van der Waals surface area contributed by atoms with Gasteiger partial charge in [-0.1, -0.05) is 24.3 Å². The minimum atomic E-state index is -0.868. The van der Waals surface area contributed by atoms with Crippen LogP contribution in [-0.4, -0.2) is 60.2 Å². The highest BCUT2D eigenvalue weighted by atomic mass is 16.5. The first-order valence-electron chi connectivity index (χ1n) is 10.3. The van der Waals surface area contributed by atoms with E-state index in [1.54, 1.807) is 48.3 Å². The second kappa shape index (κ2) is 10.6. The minimum Gasteiger partial charge on any atom is -0.494 e. The van der Waals surface area contributed by atoms with Gasteiger partial charge in [0.1, 0.15) is 36.1 Å². The molecular formula is C23H27N3O6. The van der Waals surface area contributed by atoms with Crippen molar-refractivity contribution in [2.75, 3.05) is 20.2 Å². The molecule has 0 unspecified atom stereocenters. The molecule has 1 saturated heterocycles. The van der Waals surface area contributed by atoms with Crippen LogP contribution in [0.4, 0.5) is 4.79 Å². The number of likely N-dealkylation sites (N-methyl/N-ethyl adjacent to an activating group) is 1. The summed E-state index contributed by atoms with van der Waals surface area (Å²) in [6.45, 7) is 3.05. The number of carbonyl (C=O) groups is 2. The lowest BCUT2D eigenvalue weighted by molar-refractivity contribution is -0.141. The van der Waals surface area contributed by atoms with Crippen LogP contribution in [0.3, 0.4) is 0 Å². The first-order chi connectivity index (χ1) is 15.4. The monoisotopic (exact) mass is 441 g/mol. The molecule has 1 aliphatic heterocycles. The lowest BCUT2D eigenvalue weighted by Crippen LogP contribution is -2.32. The van der Waals surface area contributed by atoms with Crippen molar-refractivity contribution in [3.63, 3.8) is 0 Å². The van der Waals surface area contributed by atoms with Crippen LogP contribution in [0, 0.1) is 0 Å². The number of hydrogen-bond acceptors (Lipinski definition) is 6. The zero-order valence-corrected chi connectivity index (χ0v) is 18.1. The highest BCUT2D eigenvalue weighted by Gasteiger charge is 2.35. The van der Waals surface area contributed by atoms with E-state index in [0.29, 0.717) is 30.9 Å². The number of hydrogen-bond donors (Lipinski definition) is 2. The number of benzene rings is 2. The van der Waals surface area contributed by atoms with Gasteiger partial charge in [0.25, 0.3) is 0 Å². The number of rotatable bonds is 8. The molecule has 3 rings (SSSR count). The molecule has 2 atom stereocenters. The molecule has 1 amide bonds. The second-order valence-electron chi connectivity index (χ2n) is 7.43. The van der Waals surface area contributed by atoms with Crippen LogP contribution in [0.25, 0.3) is 0 Å². The Morgan fingerprint density at radius 2 is 1.94 bits per heavy atom. The summed E-state index contributed by atoms with van der Waals surface area (Å²) in [4.78, 5) is 28.9. The van der Waals surface area contributed by atoms with Gasteiger partial charge >= 0.3 is 12.1 Å². The Labute approximate surface area is 186 Å². The Kier molecular flexibility index (Phi) is 7.67. The Bertz CT molecular complexity index is 976. The fourth-order valence-corrected chi connectivity index (χ4v) is 3.44. The number of amides is 1. The highest BCUT2D eigenvalue weighted by molar-refractivity contribution is 6.02. The molecule has 0 spiro atoms. The molecule has 2 aromatic carbocycles. The molecule has 9 nitrogen and oxygen atoms in total. The predicted octanol–water partition coefficient (Wildman–Crippen LogP) is 2.66. The maximum absolute atomic E-state index is 12.1. The van der Waals surface area contributed by atoms with E-state index < -0.39 is 18.1 Å². The molecular weight excluding hydrogens is 414 g/mol. The van der Waals surface area contributed by atoms with Crippen molar-refractivity contribution in [3.8, 4) is 11.5 Å². The summed E-state index contributed by atoms with van der Waals surface area (Å²) in [5, 5.41) is 9.24. The van der Waals surface area contributed by atoms with Gasteiger partial charge in [0.05, 0.1) is 6.61 Å². The Balaban J connectivity index is 1.56. The zero-order chi connectivity index (χ0) is 23.1. The van der Waals surface area contributed by atoms with Crippen molar-refractivity contribution in [2.24, 2.45) is 10.7 Å². The van der Waals surface area contributed by atoms with Crippen LogP contribution < -0.4 is 15.2 Å². The average Bonchev–Trinajstić information content (AvgIpc) is 3.14. The van der Waals surface area contributed by atoms with Gasteiger partial charge in [0.15, 0.2) is 0 Å². The zero-order valence-electron chi connectivity index (χ0n) is 18.1. The van der Waals surface area contributed by atoms with E-state index in [-0.39, 0.29) is 18.5 Å². The Hall–Kier alpha value is -3.59. The highest BCUT2D eigenvalue weighted by Crippen LogP contribution is 2.23. The molecule has 1 fully saturated rings. The topological polar surface area (TPSA) is 124 Å². The van der Waals surface area contributed by atoms with E-state index in [4.69, 9.17) is 19.9 Å². The van der Waals surface area contributed by atoms with Gasteiger partial charge in [0, 0.05) is 18.5 Å². The molecule has 0 aliphatic carbocycles. The van der Waals surface area contributed by atoms with Crippen molar-refractivity contribution in [3.05, 3.63) is 59.7 Å². The van der Waals surface area contributed by atoms with Crippen LogP contribution in [0.15, 0.2) is 53.5 Å². The lowest BCUT2D eigenvalue weighted by atomic mass is 10.2. The van der Waals surface area contributed by atoms with Gasteiger partial charge in [-0.05, 0) is 43.8 Å². The Morgan fingerprint density at radius 3 is 2.59 bits per heavy atom. The summed E-state index contributed by atoms with van der Waals surface area (Å²) in [6, 6.07) is 13.5. The van der Waals surface area contributed by atoms with Crippen LogP contribution in [0.1, 0.15) is 24.5 Å². The number of carbonyl (C=O) groups excluding carboxylic acids is 1. The minimum absolute atomic E-state index is 0.000837. The molecule has 1 heterocycles. The fourth-order valence-electron chi connectivity index (χ4n) is 3.44. The second-order valence-corrected chi connectivity index (χ2v) is 7.43.